The van der Waals surface area contributed by atoms with Gasteiger partial charge < -0.3 is 14.2 Å². The molecule has 0 aliphatic carbocycles. The number of nitrogens with zero attached hydrogens (tertiary/aromatic N) is 1. The van der Waals surface area contributed by atoms with Crippen molar-refractivity contribution in [1.82, 2.24) is 5.43 Å². The minimum absolute atomic E-state index is 0.155. The van der Waals surface area contributed by atoms with Crippen LogP contribution in [0.5, 0.6) is 17.2 Å². The maximum absolute atomic E-state index is 12.1. The van der Waals surface area contributed by atoms with E-state index in [1.54, 1.807) is 24.3 Å². The molecule has 0 unspecified atom stereocenters. The highest BCUT2D eigenvalue weighted by molar-refractivity contribution is 5.89. The van der Waals surface area contributed by atoms with Gasteiger partial charge >= 0.3 is 5.97 Å². The average Bonchev–Trinajstić information content (AvgIpc) is 2.88. The third-order valence-corrected chi connectivity index (χ3v) is 4.71. The van der Waals surface area contributed by atoms with Crippen molar-refractivity contribution >= 4 is 24.2 Å². The molecule has 3 aromatic rings. The van der Waals surface area contributed by atoms with Crippen LogP contribution in [-0.2, 0) is 16.0 Å². The maximum atomic E-state index is 12.1. The number of hydrogen-bond acceptors (Lipinski definition) is 6. The molecule has 1 amide bonds. The van der Waals surface area contributed by atoms with Crippen molar-refractivity contribution in [2.24, 2.45) is 5.10 Å². The Labute approximate surface area is 198 Å². The van der Waals surface area contributed by atoms with Gasteiger partial charge in [-0.1, -0.05) is 49.4 Å². The largest absolute Gasteiger partial charge is 0.493 e. The zero-order valence-corrected chi connectivity index (χ0v) is 19.1. The standard InChI is InChI=1S/C27H26N2O5/c1-3-20-9-13-23(14-10-20)33-19-26(30)29-28-18-22-11-15-24(25(17-22)32-2)34-27(31)16-12-21-7-5-4-6-8-21/h4-18H,3,19H2,1-2H3,(H,29,30)/b16-12+,28-18+. The highest BCUT2D eigenvalue weighted by Gasteiger charge is 2.09. The number of hydrazone groups is 1. The van der Waals surface area contributed by atoms with E-state index in [2.05, 4.69) is 17.5 Å². The summed E-state index contributed by atoms with van der Waals surface area (Å²) in [7, 11) is 1.47. The smallest absolute Gasteiger partial charge is 0.336 e. The van der Waals surface area contributed by atoms with E-state index in [0.717, 1.165) is 12.0 Å². The fourth-order valence-electron chi connectivity index (χ4n) is 2.90. The zero-order valence-electron chi connectivity index (χ0n) is 19.1. The Morgan fingerprint density at radius 1 is 0.941 bits per heavy atom. The van der Waals surface area contributed by atoms with Gasteiger partial charge in [0.2, 0.25) is 0 Å². The molecule has 0 spiro atoms. The second-order valence-electron chi connectivity index (χ2n) is 7.15. The summed E-state index contributed by atoms with van der Waals surface area (Å²) in [5.41, 5.74) is 5.14. The summed E-state index contributed by atoms with van der Waals surface area (Å²) in [5.74, 6) is 0.327. The fourth-order valence-corrected chi connectivity index (χ4v) is 2.90. The third-order valence-electron chi connectivity index (χ3n) is 4.71. The number of benzene rings is 3. The molecule has 34 heavy (non-hydrogen) atoms. The van der Waals surface area contributed by atoms with Crippen molar-refractivity contribution in [3.8, 4) is 17.2 Å². The predicted octanol–water partition coefficient (Wildman–Crippen LogP) is 4.41. The van der Waals surface area contributed by atoms with E-state index in [-0.39, 0.29) is 12.4 Å². The van der Waals surface area contributed by atoms with Gasteiger partial charge in [-0.25, -0.2) is 10.2 Å². The molecular formula is C27H26N2O5. The second kappa shape index (κ2) is 12.6. The van der Waals surface area contributed by atoms with Crippen molar-refractivity contribution in [3.05, 3.63) is 95.6 Å². The van der Waals surface area contributed by atoms with Crippen molar-refractivity contribution in [1.29, 1.82) is 0 Å². The molecule has 0 fully saturated rings. The summed E-state index contributed by atoms with van der Waals surface area (Å²) in [6, 6.07) is 21.9. The SMILES string of the molecule is CCc1ccc(OCC(=O)N/N=C/c2ccc(OC(=O)/C=C/c3ccccc3)c(OC)c2)cc1. The van der Waals surface area contributed by atoms with Gasteiger partial charge in [0, 0.05) is 6.08 Å². The fraction of sp³-hybridized carbons (Fsp3) is 0.148. The lowest BCUT2D eigenvalue weighted by Gasteiger charge is -2.08. The van der Waals surface area contributed by atoms with E-state index in [1.807, 2.05) is 54.6 Å². The first-order valence-electron chi connectivity index (χ1n) is 10.7. The molecule has 1 N–H and O–H groups in total. The van der Waals surface area contributed by atoms with Crippen molar-refractivity contribution < 1.29 is 23.8 Å². The lowest BCUT2D eigenvalue weighted by Crippen LogP contribution is -2.24. The molecule has 0 heterocycles. The van der Waals surface area contributed by atoms with Crippen molar-refractivity contribution in [2.45, 2.75) is 13.3 Å². The van der Waals surface area contributed by atoms with Gasteiger partial charge in [0.05, 0.1) is 13.3 Å². The van der Waals surface area contributed by atoms with Gasteiger partial charge in [-0.15, -0.1) is 0 Å². The monoisotopic (exact) mass is 458 g/mol. The van der Waals surface area contributed by atoms with Crippen LogP contribution in [0, 0.1) is 0 Å². The number of esters is 1. The molecule has 0 bridgehead atoms. The Bertz CT molecular complexity index is 1160. The van der Waals surface area contributed by atoms with E-state index in [9.17, 15) is 9.59 Å². The van der Waals surface area contributed by atoms with Crippen LogP contribution in [0.3, 0.4) is 0 Å². The molecular weight excluding hydrogens is 432 g/mol. The summed E-state index contributed by atoms with van der Waals surface area (Å²) in [6.07, 6.45) is 5.41. The molecule has 0 saturated heterocycles. The van der Waals surface area contributed by atoms with E-state index in [4.69, 9.17) is 14.2 Å². The normalized spacial score (nSPS) is 10.9. The van der Waals surface area contributed by atoms with Crippen LogP contribution in [0.25, 0.3) is 6.08 Å². The van der Waals surface area contributed by atoms with Gasteiger partial charge in [0.25, 0.3) is 5.91 Å². The molecule has 0 aliphatic rings. The number of amides is 1. The van der Waals surface area contributed by atoms with Gasteiger partial charge in [-0.3, -0.25) is 4.79 Å². The molecule has 0 saturated carbocycles. The molecule has 3 aromatic carbocycles. The highest BCUT2D eigenvalue weighted by atomic mass is 16.6. The van der Waals surface area contributed by atoms with Crippen LogP contribution < -0.4 is 19.6 Å². The Hall–Kier alpha value is -4.39. The predicted molar refractivity (Wildman–Crippen MR) is 131 cm³/mol. The Morgan fingerprint density at radius 2 is 1.71 bits per heavy atom. The molecule has 3 rings (SSSR count). The van der Waals surface area contributed by atoms with Gasteiger partial charge in [0.1, 0.15) is 5.75 Å². The minimum atomic E-state index is -0.528. The topological polar surface area (TPSA) is 86.2 Å². The molecule has 0 atom stereocenters. The van der Waals surface area contributed by atoms with Crippen LogP contribution in [0.4, 0.5) is 0 Å². The Balaban J connectivity index is 1.51. The van der Waals surface area contributed by atoms with Crippen LogP contribution in [-0.4, -0.2) is 31.8 Å². The molecule has 0 radical (unpaired) electrons. The number of carbonyl (C=O) groups excluding carboxylic acids is 2. The highest BCUT2D eigenvalue weighted by Crippen LogP contribution is 2.27. The number of rotatable bonds is 10. The van der Waals surface area contributed by atoms with Crippen molar-refractivity contribution in [2.75, 3.05) is 13.7 Å². The van der Waals surface area contributed by atoms with Crippen LogP contribution in [0.15, 0.2) is 84.0 Å². The average molecular weight is 459 g/mol. The number of nitrogens with one attached hydrogen (secondary N) is 1. The Kier molecular flexibility index (Phi) is 8.99. The Morgan fingerprint density at radius 3 is 2.41 bits per heavy atom. The lowest BCUT2D eigenvalue weighted by molar-refractivity contribution is -0.129. The summed E-state index contributed by atoms with van der Waals surface area (Å²) in [5, 5.41) is 3.93. The summed E-state index contributed by atoms with van der Waals surface area (Å²) in [6.45, 7) is 1.92. The lowest BCUT2D eigenvalue weighted by atomic mass is 10.2. The summed E-state index contributed by atoms with van der Waals surface area (Å²) >= 11 is 0. The van der Waals surface area contributed by atoms with Gasteiger partial charge in [-0.2, -0.15) is 5.10 Å². The quantitative estimate of drug-likeness (QED) is 0.160. The van der Waals surface area contributed by atoms with Crippen LogP contribution in [0.1, 0.15) is 23.6 Å². The van der Waals surface area contributed by atoms with E-state index >= 15 is 0 Å². The number of hydrogen-bond donors (Lipinski definition) is 1. The van der Waals surface area contributed by atoms with E-state index in [1.165, 1.54) is 25.0 Å². The second-order valence-corrected chi connectivity index (χ2v) is 7.15. The van der Waals surface area contributed by atoms with Gasteiger partial charge in [0.15, 0.2) is 18.1 Å². The summed E-state index contributed by atoms with van der Waals surface area (Å²) < 4.78 is 16.1. The van der Waals surface area contributed by atoms with Crippen LogP contribution >= 0.6 is 0 Å². The molecule has 0 aromatic heterocycles. The number of aryl methyl sites for hydroxylation is 1. The first-order valence-corrected chi connectivity index (χ1v) is 10.7. The molecule has 7 nitrogen and oxygen atoms in total. The number of methoxy groups -OCH3 is 1. The summed E-state index contributed by atoms with van der Waals surface area (Å²) in [4.78, 5) is 24.1. The van der Waals surface area contributed by atoms with Crippen molar-refractivity contribution in [3.63, 3.8) is 0 Å². The van der Waals surface area contributed by atoms with E-state index in [0.29, 0.717) is 17.1 Å². The molecule has 174 valence electrons. The van der Waals surface area contributed by atoms with Crippen LogP contribution in [0.2, 0.25) is 0 Å². The molecule has 7 heteroatoms. The minimum Gasteiger partial charge on any atom is -0.493 e. The zero-order chi connectivity index (χ0) is 24.2. The first kappa shape index (κ1) is 24.3. The number of ether oxygens (including phenoxy) is 3. The van der Waals surface area contributed by atoms with Gasteiger partial charge in [-0.05, 0) is 59.5 Å². The molecule has 0 aliphatic heterocycles. The first-order chi connectivity index (χ1) is 16.6. The maximum Gasteiger partial charge on any atom is 0.336 e. The third kappa shape index (κ3) is 7.63. The number of carbonyl (C=O) groups is 2. The van der Waals surface area contributed by atoms with E-state index < -0.39 is 11.9 Å².